The summed E-state index contributed by atoms with van der Waals surface area (Å²) in [6.45, 7) is 2.26. The van der Waals surface area contributed by atoms with Crippen molar-refractivity contribution in [2.45, 2.75) is 25.4 Å². The van der Waals surface area contributed by atoms with Crippen LogP contribution in [0, 0.1) is 3.57 Å². The van der Waals surface area contributed by atoms with Gasteiger partial charge in [-0.15, -0.1) is 0 Å². The number of amides is 2. The number of carbonyl (C=O) groups excluding carboxylic acids is 2. The molecule has 1 unspecified atom stereocenters. The van der Waals surface area contributed by atoms with Gasteiger partial charge in [0.2, 0.25) is 5.91 Å². The van der Waals surface area contributed by atoms with Crippen LogP contribution in [0.3, 0.4) is 0 Å². The van der Waals surface area contributed by atoms with Crippen molar-refractivity contribution < 1.29 is 9.59 Å². The van der Waals surface area contributed by atoms with Gasteiger partial charge in [-0.25, -0.2) is 4.99 Å². The molecule has 3 N–H and O–H groups in total. The van der Waals surface area contributed by atoms with Gasteiger partial charge in [-0.3, -0.25) is 9.59 Å². The molecule has 2 amide bonds. The number of benzene rings is 3. The molecule has 2 atom stereocenters. The van der Waals surface area contributed by atoms with E-state index < -0.39 is 11.9 Å². The van der Waals surface area contributed by atoms with Crippen LogP contribution in [0.1, 0.15) is 46.9 Å². The Labute approximate surface area is 227 Å². The van der Waals surface area contributed by atoms with Crippen molar-refractivity contribution in [3.63, 3.8) is 0 Å². The van der Waals surface area contributed by atoms with E-state index in [0.29, 0.717) is 27.1 Å². The van der Waals surface area contributed by atoms with Crippen molar-refractivity contribution in [1.29, 1.82) is 0 Å². The van der Waals surface area contributed by atoms with Crippen LogP contribution in [-0.2, 0) is 4.79 Å². The van der Waals surface area contributed by atoms with E-state index in [-0.39, 0.29) is 24.9 Å². The quantitative estimate of drug-likeness (QED) is 0.329. The molecule has 0 saturated heterocycles. The normalized spacial score (nSPS) is 16.2. The lowest BCUT2D eigenvalue weighted by atomic mass is 9.98. The third kappa shape index (κ3) is 5.79. The SMILES string of the molecule is CC(c1ccc(Cl)cc1)N1C(=O)c2cc(I)ccc2N=C(NCCC(N)=O)[C@@H]1c1ccc(Cl)cc1. The van der Waals surface area contributed by atoms with Crippen molar-refractivity contribution in [1.82, 2.24) is 10.2 Å². The third-order valence-electron chi connectivity index (χ3n) is 5.83. The van der Waals surface area contributed by atoms with Crippen LogP contribution in [-0.4, -0.2) is 29.1 Å². The second-order valence-corrected chi connectivity index (χ2v) is 10.3. The van der Waals surface area contributed by atoms with E-state index in [0.717, 1.165) is 14.7 Å². The number of carbonyl (C=O) groups is 2. The summed E-state index contributed by atoms with van der Waals surface area (Å²) in [5.74, 6) is -0.0359. The second-order valence-electron chi connectivity index (χ2n) is 8.20. The van der Waals surface area contributed by atoms with Gasteiger partial charge < -0.3 is 16.0 Å². The highest BCUT2D eigenvalue weighted by Crippen LogP contribution is 2.39. The monoisotopic (exact) mass is 620 g/mol. The van der Waals surface area contributed by atoms with Crippen LogP contribution >= 0.6 is 45.8 Å². The highest BCUT2D eigenvalue weighted by atomic mass is 127. The Morgan fingerprint density at radius 3 is 2.34 bits per heavy atom. The first-order valence-corrected chi connectivity index (χ1v) is 12.8. The van der Waals surface area contributed by atoms with E-state index >= 15 is 0 Å². The Kier molecular flexibility index (Phi) is 7.98. The number of halogens is 3. The Morgan fingerprint density at radius 2 is 1.71 bits per heavy atom. The zero-order valence-corrected chi connectivity index (χ0v) is 22.5. The molecule has 3 aromatic carbocycles. The predicted octanol–water partition coefficient (Wildman–Crippen LogP) is 6.05. The zero-order chi connectivity index (χ0) is 25.1. The average molecular weight is 621 g/mol. The summed E-state index contributed by atoms with van der Waals surface area (Å²) >= 11 is 14.5. The van der Waals surface area contributed by atoms with Gasteiger partial charge in [0.1, 0.15) is 11.9 Å². The summed E-state index contributed by atoms with van der Waals surface area (Å²) in [7, 11) is 0. The fourth-order valence-corrected chi connectivity index (χ4v) is 4.81. The van der Waals surface area contributed by atoms with Gasteiger partial charge in [-0.05, 0) is 83.1 Å². The number of primary amides is 1. The molecule has 1 aliphatic rings. The maximum Gasteiger partial charge on any atom is 0.257 e. The number of rotatable bonds is 6. The van der Waals surface area contributed by atoms with Gasteiger partial charge in [-0.1, -0.05) is 47.5 Å². The van der Waals surface area contributed by atoms with Gasteiger partial charge in [0.15, 0.2) is 0 Å². The lowest BCUT2D eigenvalue weighted by Gasteiger charge is -2.37. The van der Waals surface area contributed by atoms with Crippen LogP contribution in [0.5, 0.6) is 0 Å². The minimum atomic E-state index is -0.566. The minimum Gasteiger partial charge on any atom is -0.371 e. The number of nitrogens with zero attached hydrogens (tertiary/aromatic N) is 2. The summed E-state index contributed by atoms with van der Waals surface area (Å²) in [5.41, 5.74) is 8.18. The first-order chi connectivity index (χ1) is 16.7. The first kappa shape index (κ1) is 25.5. The molecule has 3 aromatic rings. The van der Waals surface area contributed by atoms with E-state index in [1.165, 1.54) is 0 Å². The van der Waals surface area contributed by atoms with Crippen molar-refractivity contribution in [3.05, 3.63) is 97.0 Å². The molecule has 35 heavy (non-hydrogen) atoms. The smallest absolute Gasteiger partial charge is 0.257 e. The minimum absolute atomic E-state index is 0.132. The summed E-state index contributed by atoms with van der Waals surface area (Å²) in [6.07, 6.45) is 0.132. The largest absolute Gasteiger partial charge is 0.371 e. The van der Waals surface area contributed by atoms with Gasteiger partial charge in [0, 0.05) is 26.6 Å². The lowest BCUT2D eigenvalue weighted by Crippen LogP contribution is -2.44. The van der Waals surface area contributed by atoms with Crippen LogP contribution in [0.4, 0.5) is 5.69 Å². The van der Waals surface area contributed by atoms with E-state index in [9.17, 15) is 9.59 Å². The van der Waals surface area contributed by atoms with Gasteiger partial charge in [0.05, 0.1) is 17.3 Å². The third-order valence-corrected chi connectivity index (χ3v) is 7.01. The van der Waals surface area contributed by atoms with Crippen LogP contribution in [0.15, 0.2) is 71.7 Å². The molecule has 0 aromatic heterocycles. The zero-order valence-electron chi connectivity index (χ0n) is 18.8. The molecule has 0 bridgehead atoms. The summed E-state index contributed by atoms with van der Waals surface area (Å²) < 4.78 is 0.928. The predicted molar refractivity (Wildman–Crippen MR) is 148 cm³/mol. The van der Waals surface area contributed by atoms with Crippen molar-refractivity contribution in [2.75, 3.05) is 6.54 Å². The van der Waals surface area contributed by atoms with Crippen molar-refractivity contribution >= 4 is 69.1 Å². The summed E-state index contributed by atoms with van der Waals surface area (Å²) in [4.78, 5) is 32.3. The molecule has 0 spiro atoms. The highest BCUT2D eigenvalue weighted by Gasteiger charge is 2.38. The number of fused-ring (bicyclic) bond motifs is 1. The molecule has 4 rings (SSSR count). The fraction of sp³-hybridized carbons (Fsp3) is 0.192. The van der Waals surface area contributed by atoms with Crippen LogP contribution in [0.25, 0.3) is 0 Å². The number of aliphatic imine (C=N–C) groups is 1. The molecule has 6 nitrogen and oxygen atoms in total. The van der Waals surface area contributed by atoms with Gasteiger partial charge in [0.25, 0.3) is 5.91 Å². The Bertz CT molecular complexity index is 1280. The molecule has 1 heterocycles. The molecule has 9 heteroatoms. The standard InChI is InChI=1S/C26H23Cl2IN4O2/c1-15(16-2-6-18(27)7-3-16)33-24(17-4-8-19(28)9-5-17)25(31-13-12-23(30)34)32-22-11-10-20(29)14-21(22)26(33)35/h2-11,14-15,24H,12-13H2,1H3,(H2,30,34)(H,31,32)/t15?,24-/m0/s1. The van der Waals surface area contributed by atoms with Gasteiger partial charge >= 0.3 is 0 Å². The molecular formula is C26H23Cl2IN4O2. The topological polar surface area (TPSA) is 87.8 Å². The molecule has 180 valence electrons. The number of nitrogens with two attached hydrogens (primary N) is 1. The Hall–Kier alpha value is -2.62. The van der Waals surface area contributed by atoms with E-state index in [4.69, 9.17) is 33.9 Å². The maximum absolute atomic E-state index is 14.1. The summed E-state index contributed by atoms with van der Waals surface area (Å²) in [5, 5.41) is 4.48. The van der Waals surface area contributed by atoms with E-state index in [1.807, 2.05) is 66.4 Å². The average Bonchev–Trinajstić information content (AvgIpc) is 2.94. The molecule has 0 fully saturated rings. The molecule has 0 saturated carbocycles. The summed E-state index contributed by atoms with van der Waals surface area (Å²) in [6, 6.07) is 19.5. The number of nitrogens with one attached hydrogen (secondary N) is 1. The Balaban J connectivity index is 1.90. The van der Waals surface area contributed by atoms with E-state index in [2.05, 4.69) is 27.9 Å². The van der Waals surface area contributed by atoms with Crippen LogP contribution < -0.4 is 11.1 Å². The fourth-order valence-electron chi connectivity index (χ4n) is 4.07. The first-order valence-electron chi connectivity index (χ1n) is 11.0. The highest BCUT2D eigenvalue weighted by molar-refractivity contribution is 14.1. The molecular weight excluding hydrogens is 598 g/mol. The Morgan fingerprint density at radius 1 is 1.09 bits per heavy atom. The maximum atomic E-state index is 14.1. The molecule has 0 radical (unpaired) electrons. The van der Waals surface area contributed by atoms with Gasteiger partial charge in [-0.2, -0.15) is 0 Å². The van der Waals surface area contributed by atoms with Crippen molar-refractivity contribution in [3.8, 4) is 0 Å². The number of hydrogen-bond acceptors (Lipinski definition) is 4. The number of amidine groups is 1. The second kappa shape index (κ2) is 11.0. The van der Waals surface area contributed by atoms with Crippen LogP contribution in [0.2, 0.25) is 10.0 Å². The molecule has 0 aliphatic carbocycles. The number of hydrogen-bond donors (Lipinski definition) is 2. The van der Waals surface area contributed by atoms with E-state index in [1.54, 1.807) is 12.1 Å². The van der Waals surface area contributed by atoms with Crippen molar-refractivity contribution in [2.24, 2.45) is 10.7 Å². The lowest BCUT2D eigenvalue weighted by molar-refractivity contribution is -0.117. The molecule has 1 aliphatic heterocycles.